The molecule has 0 aromatic heterocycles. The van der Waals surface area contributed by atoms with Crippen molar-refractivity contribution in [1.29, 1.82) is 0 Å². The molecule has 0 spiro atoms. The van der Waals surface area contributed by atoms with Gasteiger partial charge >= 0.3 is 6.18 Å². The van der Waals surface area contributed by atoms with Gasteiger partial charge in [-0.2, -0.15) is 13.2 Å². The fraction of sp³-hybridized carbons (Fsp3) is 0.333. The molecule has 0 unspecified atom stereocenters. The second kappa shape index (κ2) is 8.85. The number of rotatable bonds is 5. The van der Waals surface area contributed by atoms with Gasteiger partial charge in [0.15, 0.2) is 0 Å². The van der Waals surface area contributed by atoms with Crippen molar-refractivity contribution in [3.63, 3.8) is 0 Å². The second-order valence-electron chi connectivity index (χ2n) is 7.39. The summed E-state index contributed by atoms with van der Waals surface area (Å²) in [7, 11) is 1.49. The van der Waals surface area contributed by atoms with Gasteiger partial charge in [-0.3, -0.25) is 0 Å². The molecule has 0 bridgehead atoms. The van der Waals surface area contributed by atoms with Crippen LogP contribution in [0.3, 0.4) is 0 Å². The molecular formula is C24H24F4O. The first-order valence-corrected chi connectivity index (χ1v) is 9.68. The van der Waals surface area contributed by atoms with E-state index in [1.165, 1.54) is 25.3 Å². The predicted octanol–water partition coefficient (Wildman–Crippen LogP) is 7.53. The summed E-state index contributed by atoms with van der Waals surface area (Å²) < 4.78 is 61.1. The van der Waals surface area contributed by atoms with Crippen LogP contribution >= 0.6 is 0 Å². The molecule has 0 aliphatic heterocycles. The van der Waals surface area contributed by atoms with E-state index in [1.807, 2.05) is 6.08 Å². The first-order valence-electron chi connectivity index (χ1n) is 9.68. The monoisotopic (exact) mass is 404 g/mol. The maximum atomic E-state index is 15.0. The Morgan fingerprint density at radius 2 is 1.59 bits per heavy atom. The van der Waals surface area contributed by atoms with Crippen molar-refractivity contribution in [2.45, 2.75) is 31.9 Å². The van der Waals surface area contributed by atoms with E-state index in [-0.39, 0.29) is 17.0 Å². The van der Waals surface area contributed by atoms with Crippen LogP contribution < -0.4 is 4.74 Å². The number of hydrogen-bond donors (Lipinski definition) is 0. The number of hydrogen-bond acceptors (Lipinski definition) is 1. The van der Waals surface area contributed by atoms with Crippen LogP contribution in [0.25, 0.3) is 17.2 Å². The molecular weight excluding hydrogens is 380 g/mol. The van der Waals surface area contributed by atoms with Crippen LogP contribution in [0.5, 0.6) is 5.75 Å². The van der Waals surface area contributed by atoms with Crippen LogP contribution in [0.15, 0.2) is 55.1 Å². The van der Waals surface area contributed by atoms with Gasteiger partial charge < -0.3 is 4.74 Å². The van der Waals surface area contributed by atoms with E-state index in [4.69, 9.17) is 4.74 Å². The van der Waals surface area contributed by atoms with Crippen molar-refractivity contribution < 1.29 is 22.3 Å². The summed E-state index contributed by atoms with van der Waals surface area (Å²) in [6.07, 6.45) is 4.13. The minimum Gasteiger partial charge on any atom is -0.497 e. The summed E-state index contributed by atoms with van der Waals surface area (Å²) in [6.45, 7) is 3.80. The van der Waals surface area contributed by atoms with Crippen LogP contribution in [0, 0.1) is 17.7 Å². The normalized spacial score (nSPS) is 20.0. The minimum absolute atomic E-state index is 0.0800. The molecule has 1 fully saturated rings. The molecule has 0 heterocycles. The molecule has 0 atom stereocenters. The van der Waals surface area contributed by atoms with Gasteiger partial charge in [0, 0.05) is 5.56 Å². The highest BCUT2D eigenvalue weighted by Crippen LogP contribution is 2.39. The molecule has 29 heavy (non-hydrogen) atoms. The van der Waals surface area contributed by atoms with Crippen molar-refractivity contribution in [2.24, 2.45) is 11.8 Å². The Bertz CT molecular complexity index is 873. The smallest absolute Gasteiger partial charge is 0.419 e. The third-order valence-corrected chi connectivity index (χ3v) is 5.56. The standard InChI is InChI=1S/C24H24F4O/c1-3-16-4-6-17(7-5-16)8-9-19-12-15-21(23(25)22(19)24(26,27)28)18-10-13-20(29-2)14-11-18/h3,8-17H,1,4-7H2,2H3/b9-8+. The first-order chi connectivity index (χ1) is 13.8. The number of allylic oxidation sites excluding steroid dienone is 2. The quantitative estimate of drug-likeness (QED) is 0.370. The molecule has 2 aromatic carbocycles. The van der Waals surface area contributed by atoms with E-state index in [2.05, 4.69) is 6.58 Å². The molecule has 0 amide bonds. The van der Waals surface area contributed by atoms with Crippen molar-refractivity contribution in [1.82, 2.24) is 0 Å². The average Bonchev–Trinajstić information content (AvgIpc) is 2.72. The molecule has 3 rings (SSSR count). The van der Waals surface area contributed by atoms with Crippen molar-refractivity contribution in [2.75, 3.05) is 7.11 Å². The van der Waals surface area contributed by atoms with Crippen LogP contribution in [0.4, 0.5) is 17.6 Å². The van der Waals surface area contributed by atoms with E-state index in [0.717, 1.165) is 25.7 Å². The summed E-state index contributed by atoms with van der Waals surface area (Å²) >= 11 is 0. The van der Waals surface area contributed by atoms with E-state index in [9.17, 15) is 17.6 Å². The van der Waals surface area contributed by atoms with Crippen LogP contribution in [-0.2, 0) is 6.18 Å². The summed E-state index contributed by atoms with van der Waals surface area (Å²) in [4.78, 5) is 0. The van der Waals surface area contributed by atoms with E-state index in [0.29, 0.717) is 17.2 Å². The largest absolute Gasteiger partial charge is 0.497 e. The summed E-state index contributed by atoms with van der Waals surface area (Å²) in [5.74, 6) is -0.0145. The molecule has 1 saturated carbocycles. The fourth-order valence-electron chi connectivity index (χ4n) is 3.82. The molecule has 5 heteroatoms. The summed E-state index contributed by atoms with van der Waals surface area (Å²) in [5.41, 5.74) is -1.07. The highest BCUT2D eigenvalue weighted by atomic mass is 19.4. The Balaban J connectivity index is 1.92. The first kappa shape index (κ1) is 21.2. The van der Waals surface area contributed by atoms with Crippen molar-refractivity contribution in [3.05, 3.63) is 72.1 Å². The number of methoxy groups -OCH3 is 1. The van der Waals surface area contributed by atoms with Gasteiger partial charge in [-0.1, -0.05) is 42.5 Å². The summed E-state index contributed by atoms with van der Waals surface area (Å²) in [6, 6.07) is 9.03. The molecule has 1 aliphatic carbocycles. The predicted molar refractivity (Wildman–Crippen MR) is 108 cm³/mol. The Labute approximate surface area is 168 Å². The van der Waals surface area contributed by atoms with Crippen molar-refractivity contribution >= 4 is 6.08 Å². The number of alkyl halides is 3. The lowest BCUT2D eigenvalue weighted by molar-refractivity contribution is -0.140. The van der Waals surface area contributed by atoms with E-state index < -0.39 is 17.6 Å². The molecule has 0 N–H and O–H groups in total. The maximum Gasteiger partial charge on any atom is 0.419 e. The van der Waals surface area contributed by atoms with E-state index >= 15 is 0 Å². The number of benzene rings is 2. The lowest BCUT2D eigenvalue weighted by Crippen LogP contribution is -2.13. The van der Waals surface area contributed by atoms with Crippen LogP contribution in [-0.4, -0.2) is 7.11 Å². The van der Waals surface area contributed by atoms with Gasteiger partial charge in [0.25, 0.3) is 0 Å². The second-order valence-corrected chi connectivity index (χ2v) is 7.39. The topological polar surface area (TPSA) is 9.23 Å². The Morgan fingerprint density at radius 3 is 2.14 bits per heavy atom. The Morgan fingerprint density at radius 1 is 0.966 bits per heavy atom. The highest BCUT2D eigenvalue weighted by molar-refractivity contribution is 5.70. The Hall–Kier alpha value is -2.56. The van der Waals surface area contributed by atoms with Gasteiger partial charge in [-0.25, -0.2) is 4.39 Å². The summed E-state index contributed by atoms with van der Waals surface area (Å²) in [5, 5.41) is 0. The van der Waals surface area contributed by atoms with Gasteiger partial charge in [0.05, 0.1) is 12.7 Å². The molecule has 0 saturated heterocycles. The fourth-order valence-corrected chi connectivity index (χ4v) is 3.82. The van der Waals surface area contributed by atoms with E-state index in [1.54, 1.807) is 30.3 Å². The zero-order valence-corrected chi connectivity index (χ0v) is 16.3. The SMILES string of the molecule is C=CC1CCC(/C=C/c2ccc(-c3ccc(OC)cc3)c(F)c2C(F)(F)F)CC1. The van der Waals surface area contributed by atoms with Gasteiger partial charge in [-0.05, 0) is 60.8 Å². The van der Waals surface area contributed by atoms with Crippen LogP contribution in [0.1, 0.15) is 36.8 Å². The zero-order chi connectivity index (χ0) is 21.0. The molecule has 154 valence electrons. The van der Waals surface area contributed by atoms with Gasteiger partial charge in [-0.15, -0.1) is 6.58 Å². The number of ether oxygens (including phenoxy) is 1. The third-order valence-electron chi connectivity index (χ3n) is 5.56. The Kier molecular flexibility index (Phi) is 6.46. The van der Waals surface area contributed by atoms with Crippen LogP contribution in [0.2, 0.25) is 0 Å². The third kappa shape index (κ3) is 4.89. The maximum absolute atomic E-state index is 15.0. The zero-order valence-electron chi connectivity index (χ0n) is 16.3. The number of halogens is 4. The highest BCUT2D eigenvalue weighted by Gasteiger charge is 2.37. The lowest BCUT2D eigenvalue weighted by atomic mass is 9.81. The lowest BCUT2D eigenvalue weighted by Gasteiger charge is -2.24. The molecule has 0 radical (unpaired) electrons. The molecule has 2 aromatic rings. The average molecular weight is 404 g/mol. The molecule has 1 nitrogen and oxygen atoms in total. The van der Waals surface area contributed by atoms with Gasteiger partial charge in [0.1, 0.15) is 11.6 Å². The minimum atomic E-state index is -4.78. The van der Waals surface area contributed by atoms with Gasteiger partial charge in [0.2, 0.25) is 0 Å². The van der Waals surface area contributed by atoms with Crippen molar-refractivity contribution in [3.8, 4) is 16.9 Å². The molecule has 1 aliphatic rings.